The summed E-state index contributed by atoms with van der Waals surface area (Å²) in [5, 5.41) is 14.7. The molecule has 0 spiro atoms. The average molecular weight is 779 g/mol. The van der Waals surface area contributed by atoms with E-state index >= 15 is 0 Å². The Hall–Kier alpha value is -5.15. The van der Waals surface area contributed by atoms with Crippen molar-refractivity contribution in [3.05, 3.63) is 119 Å². The highest BCUT2D eigenvalue weighted by Gasteiger charge is 2.19. The summed E-state index contributed by atoms with van der Waals surface area (Å²) in [5.74, 6) is -0.615. The number of benzene rings is 4. The summed E-state index contributed by atoms with van der Waals surface area (Å²) in [7, 11) is 1.67. The van der Waals surface area contributed by atoms with Gasteiger partial charge in [0.15, 0.2) is 5.78 Å². The smallest absolute Gasteiger partial charge is 0.255 e. The van der Waals surface area contributed by atoms with Crippen LogP contribution in [0.25, 0.3) is 0 Å². The summed E-state index contributed by atoms with van der Waals surface area (Å²) in [6.45, 7) is 12.1. The summed E-state index contributed by atoms with van der Waals surface area (Å²) in [6, 6.07) is 28.9. The number of carbonyl (C=O) groups excluding carboxylic acids is 3. The van der Waals surface area contributed by atoms with Crippen LogP contribution < -0.4 is 20.4 Å². The van der Waals surface area contributed by atoms with Crippen molar-refractivity contribution in [1.29, 1.82) is 0 Å². The second kappa shape index (κ2) is 21.4. The fraction of sp³-hybridized carbons (Fsp3) is 0.386. The van der Waals surface area contributed by atoms with Crippen molar-refractivity contribution in [2.75, 3.05) is 133 Å². The molecule has 57 heavy (non-hydrogen) atoms. The summed E-state index contributed by atoms with van der Waals surface area (Å²) in [6.07, 6.45) is 0. The molecule has 2 aliphatic rings. The molecule has 0 aliphatic carbocycles. The van der Waals surface area contributed by atoms with Gasteiger partial charge in [0.25, 0.3) is 11.8 Å². The van der Waals surface area contributed by atoms with Gasteiger partial charge >= 0.3 is 0 Å². The number of amides is 2. The number of hydrogen-bond donors (Lipinski definition) is 3. The Kier molecular flexibility index (Phi) is 15.6. The Morgan fingerprint density at radius 1 is 0.509 bits per heavy atom. The summed E-state index contributed by atoms with van der Waals surface area (Å²) >= 11 is 0. The maximum absolute atomic E-state index is 13.3. The molecule has 2 heterocycles. The first kappa shape index (κ1) is 41.5. The molecule has 0 bridgehead atoms. The van der Waals surface area contributed by atoms with Crippen LogP contribution in [0.4, 0.5) is 22.7 Å². The molecule has 4 aromatic rings. The quantitative estimate of drug-likeness (QED) is 0.0928. The normalized spacial score (nSPS) is 15.1. The van der Waals surface area contributed by atoms with Crippen LogP contribution in [-0.4, -0.2) is 145 Å². The van der Waals surface area contributed by atoms with Crippen molar-refractivity contribution in [3.8, 4) is 0 Å². The fourth-order valence-electron chi connectivity index (χ4n) is 6.89. The first-order valence-corrected chi connectivity index (χ1v) is 19.7. The lowest BCUT2D eigenvalue weighted by molar-refractivity contribution is 0.0563. The molecule has 4 aromatic carbocycles. The Bertz CT molecular complexity index is 1860. The lowest BCUT2D eigenvalue weighted by atomic mass is 10.0. The van der Waals surface area contributed by atoms with Gasteiger partial charge in [-0.1, -0.05) is 0 Å². The van der Waals surface area contributed by atoms with Gasteiger partial charge in [-0.3, -0.25) is 24.2 Å². The van der Waals surface area contributed by atoms with Gasteiger partial charge in [0.1, 0.15) is 0 Å². The Morgan fingerprint density at radius 3 is 1.28 bits per heavy atom. The third-order valence-electron chi connectivity index (χ3n) is 10.3. The zero-order valence-electron chi connectivity index (χ0n) is 32.7. The predicted molar refractivity (Wildman–Crippen MR) is 223 cm³/mol. The van der Waals surface area contributed by atoms with Crippen molar-refractivity contribution in [1.82, 2.24) is 9.80 Å². The van der Waals surface area contributed by atoms with E-state index in [-0.39, 0.29) is 24.2 Å². The molecular formula is C44H54N6O7. The molecular weight excluding hydrogens is 725 g/mol. The second-order valence-electron chi connectivity index (χ2n) is 14.1. The van der Waals surface area contributed by atoms with Crippen LogP contribution in [0.5, 0.6) is 0 Å². The maximum atomic E-state index is 13.3. The van der Waals surface area contributed by atoms with Gasteiger partial charge < -0.3 is 39.8 Å². The Morgan fingerprint density at radius 2 is 0.895 bits per heavy atom. The molecule has 0 atom stereocenters. The predicted octanol–water partition coefficient (Wildman–Crippen LogP) is 4.34. The van der Waals surface area contributed by atoms with Crippen LogP contribution in [0.15, 0.2) is 97.1 Å². The van der Waals surface area contributed by atoms with Gasteiger partial charge in [-0.05, 0) is 97.1 Å². The number of rotatable bonds is 19. The minimum Gasteiger partial charge on any atom is -0.394 e. The van der Waals surface area contributed by atoms with Crippen LogP contribution >= 0.6 is 0 Å². The van der Waals surface area contributed by atoms with E-state index in [9.17, 15) is 14.4 Å². The lowest BCUT2D eigenvalue weighted by Gasteiger charge is -2.36. The molecule has 2 aliphatic heterocycles. The Balaban J connectivity index is 0.923. The fourth-order valence-corrected chi connectivity index (χ4v) is 6.89. The van der Waals surface area contributed by atoms with Gasteiger partial charge in [-0.25, -0.2) is 0 Å². The second-order valence-corrected chi connectivity index (χ2v) is 14.1. The van der Waals surface area contributed by atoms with E-state index in [1.54, 1.807) is 55.6 Å². The molecule has 0 unspecified atom stereocenters. The van der Waals surface area contributed by atoms with Gasteiger partial charge in [-0.15, -0.1) is 0 Å². The minimum atomic E-state index is -0.229. The molecule has 13 heteroatoms. The van der Waals surface area contributed by atoms with E-state index in [1.807, 2.05) is 48.5 Å². The topological polar surface area (TPSA) is 136 Å². The van der Waals surface area contributed by atoms with Crippen LogP contribution in [0.2, 0.25) is 0 Å². The van der Waals surface area contributed by atoms with E-state index in [1.165, 1.54) is 0 Å². The Labute approximate surface area is 335 Å². The number of ether oxygens (including phenoxy) is 3. The first-order chi connectivity index (χ1) is 27.9. The van der Waals surface area contributed by atoms with Crippen LogP contribution in [-0.2, 0) is 14.2 Å². The molecule has 3 N–H and O–H groups in total. The van der Waals surface area contributed by atoms with Crippen molar-refractivity contribution in [3.63, 3.8) is 0 Å². The molecule has 0 aromatic heterocycles. The zero-order chi connectivity index (χ0) is 39.8. The standard InChI is InChI=1S/C44H54N6O7/c1-55-32-33-57-30-27-48-20-24-50(25-21-48)41-16-8-37(9-17-41)44(54)46-39-12-4-35(5-13-39)42(52)34-2-10-38(11-3-34)45-43(53)36-6-14-40(15-7-36)49-22-18-47(19-23-49)26-29-56-31-28-51/h2-17,51H,18-33H2,1H3,(H,45,53)(H,46,54). The summed E-state index contributed by atoms with van der Waals surface area (Å²) < 4.78 is 16.0. The highest BCUT2D eigenvalue weighted by Crippen LogP contribution is 2.22. The number of aliphatic hydroxyl groups is 1. The number of carbonyl (C=O) groups is 3. The molecule has 2 saturated heterocycles. The molecule has 2 amide bonds. The molecule has 302 valence electrons. The molecule has 0 radical (unpaired) electrons. The van der Waals surface area contributed by atoms with Crippen LogP contribution in [0.3, 0.4) is 0 Å². The van der Waals surface area contributed by atoms with Crippen LogP contribution in [0, 0.1) is 0 Å². The molecule has 6 rings (SSSR count). The zero-order valence-corrected chi connectivity index (χ0v) is 32.7. The van der Waals surface area contributed by atoms with Gasteiger partial charge in [0.2, 0.25) is 0 Å². The largest absolute Gasteiger partial charge is 0.394 e. The molecule has 2 fully saturated rings. The highest BCUT2D eigenvalue weighted by molar-refractivity contribution is 6.10. The van der Waals surface area contributed by atoms with Crippen molar-refractivity contribution >= 4 is 40.3 Å². The number of methoxy groups -OCH3 is 1. The third kappa shape index (κ3) is 12.2. The van der Waals surface area contributed by atoms with Gasteiger partial charge in [0.05, 0.1) is 39.6 Å². The van der Waals surface area contributed by atoms with E-state index < -0.39 is 0 Å². The minimum absolute atomic E-state index is 0.0437. The number of anilines is 4. The summed E-state index contributed by atoms with van der Waals surface area (Å²) in [4.78, 5) is 48.7. The van der Waals surface area contributed by atoms with Crippen molar-refractivity contribution in [2.24, 2.45) is 0 Å². The first-order valence-electron chi connectivity index (χ1n) is 19.7. The highest BCUT2D eigenvalue weighted by atomic mass is 16.5. The molecule has 0 saturated carbocycles. The SMILES string of the molecule is COCCOCCN1CCN(c2ccc(C(=O)Nc3ccc(C(=O)c4ccc(NC(=O)c5ccc(N6CCN(CCOCCO)CC6)cc5)cc4)cc3)cc2)CC1. The van der Waals surface area contributed by atoms with E-state index in [0.29, 0.717) is 66.7 Å². The van der Waals surface area contributed by atoms with E-state index in [4.69, 9.17) is 19.3 Å². The molecule has 13 nitrogen and oxygen atoms in total. The third-order valence-corrected chi connectivity index (χ3v) is 10.3. The number of piperazine rings is 2. The number of nitrogens with zero attached hydrogens (tertiary/aromatic N) is 4. The monoisotopic (exact) mass is 778 g/mol. The number of nitrogens with one attached hydrogen (secondary N) is 2. The number of hydrogen-bond acceptors (Lipinski definition) is 11. The summed E-state index contributed by atoms with van der Waals surface area (Å²) in [5.41, 5.74) is 5.41. The lowest BCUT2D eigenvalue weighted by Crippen LogP contribution is -2.47. The van der Waals surface area contributed by atoms with Gasteiger partial charge in [-0.2, -0.15) is 0 Å². The van der Waals surface area contributed by atoms with Crippen molar-refractivity contribution < 1.29 is 33.7 Å². The maximum Gasteiger partial charge on any atom is 0.255 e. The van der Waals surface area contributed by atoms with E-state index in [2.05, 4.69) is 30.2 Å². The number of aliphatic hydroxyl groups excluding tert-OH is 1. The van der Waals surface area contributed by atoms with Crippen LogP contribution in [0.1, 0.15) is 36.6 Å². The number of ketones is 1. The van der Waals surface area contributed by atoms with E-state index in [0.717, 1.165) is 76.8 Å². The van der Waals surface area contributed by atoms with Crippen molar-refractivity contribution in [2.45, 2.75) is 0 Å². The average Bonchev–Trinajstić information content (AvgIpc) is 3.26. The van der Waals surface area contributed by atoms with Gasteiger partial charge in [0, 0.05) is 118 Å².